The Bertz CT molecular complexity index is 603. The molecule has 2 aromatic rings. The van der Waals surface area contributed by atoms with Gasteiger partial charge < -0.3 is 10.1 Å². The third kappa shape index (κ3) is 2.52. The summed E-state index contributed by atoms with van der Waals surface area (Å²) >= 11 is 5.41. The molecule has 1 N–H and O–H groups in total. The highest BCUT2D eigenvalue weighted by atomic mass is 79.9. The fraction of sp³-hybridized carbons (Fsp3) is 0.375. The van der Waals surface area contributed by atoms with Crippen molar-refractivity contribution in [3.63, 3.8) is 0 Å². The fourth-order valence-corrected chi connectivity index (χ4v) is 4.42. The van der Waals surface area contributed by atoms with Gasteiger partial charge in [-0.25, -0.2) is 0 Å². The van der Waals surface area contributed by atoms with Gasteiger partial charge in [-0.15, -0.1) is 11.3 Å². The van der Waals surface area contributed by atoms with Crippen molar-refractivity contribution in [1.29, 1.82) is 0 Å². The molecule has 0 amide bonds. The predicted octanol–water partition coefficient (Wildman–Crippen LogP) is 4.45. The molecule has 0 saturated heterocycles. The zero-order valence-electron chi connectivity index (χ0n) is 11.7. The number of hydrogen-bond donors (Lipinski definition) is 1. The molecular weight excluding hydrogens is 334 g/mol. The van der Waals surface area contributed by atoms with Gasteiger partial charge in [0.25, 0.3) is 0 Å². The molecule has 0 bridgehead atoms. The molecule has 1 aromatic heterocycles. The van der Waals surface area contributed by atoms with Crippen LogP contribution in [0.2, 0.25) is 0 Å². The lowest BCUT2D eigenvalue weighted by molar-refractivity contribution is 0.283. The first-order valence-corrected chi connectivity index (χ1v) is 8.49. The quantitative estimate of drug-likeness (QED) is 0.881. The van der Waals surface area contributed by atoms with E-state index in [4.69, 9.17) is 4.74 Å². The van der Waals surface area contributed by atoms with E-state index in [0.29, 0.717) is 0 Å². The molecule has 1 atom stereocenters. The Kier molecular flexibility index (Phi) is 4.15. The van der Waals surface area contributed by atoms with E-state index in [9.17, 15) is 0 Å². The second-order valence-corrected chi connectivity index (χ2v) is 7.52. The highest BCUT2D eigenvalue weighted by Gasteiger charge is 2.23. The summed E-state index contributed by atoms with van der Waals surface area (Å²) in [7, 11) is 2.01. The van der Waals surface area contributed by atoms with E-state index in [1.807, 2.05) is 7.05 Å². The summed E-state index contributed by atoms with van der Waals surface area (Å²) in [6, 6.07) is 8.94. The number of fused-ring (bicyclic) bond motifs is 1. The van der Waals surface area contributed by atoms with E-state index in [-0.39, 0.29) is 6.04 Å². The van der Waals surface area contributed by atoms with Gasteiger partial charge in [0.2, 0.25) is 0 Å². The van der Waals surface area contributed by atoms with Gasteiger partial charge in [-0.1, -0.05) is 18.2 Å². The molecule has 0 radical (unpaired) electrons. The first kappa shape index (κ1) is 14.1. The maximum absolute atomic E-state index is 5.95. The van der Waals surface area contributed by atoms with Crippen LogP contribution >= 0.6 is 27.3 Å². The fourth-order valence-electron chi connectivity index (χ4n) is 2.72. The summed E-state index contributed by atoms with van der Waals surface area (Å²) in [4.78, 5) is 1.32. The summed E-state index contributed by atoms with van der Waals surface area (Å²) in [5.74, 6) is 1.08. The Morgan fingerprint density at radius 3 is 2.95 bits per heavy atom. The number of nitrogens with one attached hydrogen (secondary N) is 1. The van der Waals surface area contributed by atoms with Gasteiger partial charge >= 0.3 is 0 Å². The van der Waals surface area contributed by atoms with E-state index in [2.05, 4.69) is 52.4 Å². The third-order valence-corrected chi connectivity index (χ3v) is 5.93. The van der Waals surface area contributed by atoms with Gasteiger partial charge in [0.1, 0.15) is 5.75 Å². The van der Waals surface area contributed by atoms with Crippen molar-refractivity contribution in [2.75, 3.05) is 13.7 Å². The highest BCUT2D eigenvalue weighted by molar-refractivity contribution is 9.11. The van der Waals surface area contributed by atoms with Gasteiger partial charge in [0.05, 0.1) is 16.4 Å². The molecular formula is C16H18BrNOS. The first-order chi connectivity index (χ1) is 9.70. The van der Waals surface area contributed by atoms with Crippen LogP contribution in [-0.2, 0) is 6.42 Å². The van der Waals surface area contributed by atoms with Crippen LogP contribution in [0.25, 0.3) is 0 Å². The molecule has 20 heavy (non-hydrogen) atoms. The van der Waals surface area contributed by atoms with Crippen LogP contribution < -0.4 is 10.1 Å². The standard InChI is InChI=1S/C16H18BrNOS/c1-10-9-13(20-16(10)17)14(18-2)12-7-3-5-11-6-4-8-19-15(11)12/h3,5,7,9,14,18H,4,6,8H2,1-2H3. The number of para-hydroxylation sites is 1. The predicted molar refractivity (Wildman–Crippen MR) is 87.9 cm³/mol. The molecule has 0 saturated carbocycles. The van der Waals surface area contributed by atoms with Crippen molar-refractivity contribution in [2.24, 2.45) is 0 Å². The number of ether oxygens (including phenoxy) is 1. The second-order valence-electron chi connectivity index (χ2n) is 5.11. The molecule has 1 aromatic carbocycles. The first-order valence-electron chi connectivity index (χ1n) is 6.88. The zero-order chi connectivity index (χ0) is 14.1. The van der Waals surface area contributed by atoms with Crippen LogP contribution in [0.4, 0.5) is 0 Å². The minimum absolute atomic E-state index is 0.193. The molecule has 0 aliphatic carbocycles. The van der Waals surface area contributed by atoms with Crippen molar-refractivity contribution in [2.45, 2.75) is 25.8 Å². The Balaban J connectivity index is 2.05. The van der Waals surface area contributed by atoms with Gasteiger partial charge in [-0.2, -0.15) is 0 Å². The molecule has 2 heterocycles. The Morgan fingerprint density at radius 2 is 2.25 bits per heavy atom. The van der Waals surface area contributed by atoms with Crippen molar-refractivity contribution in [3.05, 3.63) is 49.6 Å². The molecule has 4 heteroatoms. The minimum atomic E-state index is 0.193. The Labute approximate surface area is 132 Å². The van der Waals surface area contributed by atoms with Gasteiger partial charge in [0.15, 0.2) is 0 Å². The summed E-state index contributed by atoms with van der Waals surface area (Å²) < 4.78 is 7.16. The number of hydrogen-bond acceptors (Lipinski definition) is 3. The molecule has 1 unspecified atom stereocenters. The maximum Gasteiger partial charge on any atom is 0.127 e. The van der Waals surface area contributed by atoms with Crippen molar-refractivity contribution < 1.29 is 4.74 Å². The van der Waals surface area contributed by atoms with Gasteiger partial charge in [-0.05, 0) is 59.9 Å². The summed E-state index contributed by atoms with van der Waals surface area (Å²) in [6.45, 7) is 2.96. The van der Waals surface area contributed by atoms with E-state index >= 15 is 0 Å². The van der Waals surface area contributed by atoms with Gasteiger partial charge in [-0.3, -0.25) is 0 Å². The minimum Gasteiger partial charge on any atom is -0.493 e. The van der Waals surface area contributed by atoms with Crippen LogP contribution in [0.1, 0.15) is 34.0 Å². The van der Waals surface area contributed by atoms with E-state index in [0.717, 1.165) is 25.2 Å². The number of thiophene rings is 1. The molecule has 1 aliphatic heterocycles. The van der Waals surface area contributed by atoms with E-state index in [1.54, 1.807) is 11.3 Å². The molecule has 2 nitrogen and oxygen atoms in total. The van der Waals surface area contributed by atoms with Crippen molar-refractivity contribution in [3.8, 4) is 5.75 Å². The number of halogens is 1. The van der Waals surface area contributed by atoms with E-state index < -0.39 is 0 Å². The third-order valence-electron chi connectivity index (χ3n) is 3.72. The van der Waals surface area contributed by atoms with Crippen LogP contribution in [0.5, 0.6) is 5.75 Å². The summed E-state index contributed by atoms with van der Waals surface area (Å²) in [5.41, 5.74) is 3.87. The lowest BCUT2D eigenvalue weighted by Gasteiger charge is -2.24. The highest BCUT2D eigenvalue weighted by Crippen LogP contribution is 2.39. The van der Waals surface area contributed by atoms with Crippen molar-refractivity contribution in [1.82, 2.24) is 5.32 Å². The van der Waals surface area contributed by atoms with Crippen LogP contribution in [-0.4, -0.2) is 13.7 Å². The molecule has 0 fully saturated rings. The van der Waals surface area contributed by atoms with Crippen molar-refractivity contribution >= 4 is 27.3 Å². The van der Waals surface area contributed by atoms with Crippen LogP contribution in [0.15, 0.2) is 28.1 Å². The lowest BCUT2D eigenvalue weighted by atomic mass is 9.97. The van der Waals surface area contributed by atoms with Gasteiger partial charge in [0, 0.05) is 10.4 Å². The second kappa shape index (κ2) is 5.88. The molecule has 0 spiro atoms. The monoisotopic (exact) mass is 351 g/mol. The average Bonchev–Trinajstić information content (AvgIpc) is 2.79. The number of benzene rings is 1. The number of rotatable bonds is 3. The topological polar surface area (TPSA) is 21.3 Å². The largest absolute Gasteiger partial charge is 0.493 e. The zero-order valence-corrected chi connectivity index (χ0v) is 14.1. The molecule has 106 valence electrons. The number of aryl methyl sites for hydroxylation is 2. The SMILES string of the molecule is CNC(c1cc(C)c(Br)s1)c1cccc2c1OCCC2. The summed E-state index contributed by atoms with van der Waals surface area (Å²) in [6.07, 6.45) is 2.23. The molecule has 1 aliphatic rings. The van der Waals surface area contributed by atoms with Crippen LogP contribution in [0.3, 0.4) is 0 Å². The lowest BCUT2D eigenvalue weighted by Crippen LogP contribution is -2.20. The maximum atomic E-state index is 5.95. The molecule has 3 rings (SSSR count). The summed E-state index contributed by atoms with van der Waals surface area (Å²) in [5, 5.41) is 3.43. The van der Waals surface area contributed by atoms with E-state index in [1.165, 1.54) is 25.4 Å². The van der Waals surface area contributed by atoms with Crippen LogP contribution in [0, 0.1) is 6.92 Å². The average molecular weight is 352 g/mol. The smallest absolute Gasteiger partial charge is 0.127 e. The Morgan fingerprint density at radius 1 is 1.40 bits per heavy atom. The Hall–Kier alpha value is -0.840. The normalized spacial score (nSPS) is 15.6.